The number of carboxylic acids is 1. The van der Waals surface area contributed by atoms with Crippen molar-refractivity contribution in [1.29, 1.82) is 0 Å². The summed E-state index contributed by atoms with van der Waals surface area (Å²) in [4.78, 5) is 15.8. The van der Waals surface area contributed by atoms with Crippen molar-refractivity contribution in [2.75, 3.05) is 7.11 Å². The van der Waals surface area contributed by atoms with Gasteiger partial charge in [0.05, 0.1) is 12.8 Å². The Hall–Kier alpha value is -2.10. The van der Waals surface area contributed by atoms with Gasteiger partial charge in [0.1, 0.15) is 11.7 Å². The van der Waals surface area contributed by atoms with Crippen LogP contribution in [0, 0.1) is 5.92 Å². The molecule has 1 unspecified atom stereocenters. The Morgan fingerprint density at radius 2 is 2.05 bits per heavy atom. The lowest BCUT2D eigenvalue weighted by atomic mass is 9.89. The van der Waals surface area contributed by atoms with Gasteiger partial charge in [-0.3, -0.25) is 9.78 Å². The number of hydrogen-bond acceptors (Lipinski definition) is 3. The van der Waals surface area contributed by atoms with Crippen molar-refractivity contribution in [3.63, 3.8) is 0 Å². The quantitative estimate of drug-likeness (QED) is 0.916. The fraction of sp³-hybridized carbons (Fsp3) is 0.333. The van der Waals surface area contributed by atoms with Gasteiger partial charge in [0.2, 0.25) is 0 Å². The largest absolute Gasteiger partial charge is 0.497 e. The van der Waals surface area contributed by atoms with Gasteiger partial charge in [0.25, 0.3) is 0 Å². The summed E-state index contributed by atoms with van der Waals surface area (Å²) < 4.78 is 5.20. The topological polar surface area (TPSA) is 59.4 Å². The number of benzene rings is 1. The first-order valence-corrected chi connectivity index (χ1v) is 6.20. The molecule has 100 valence electrons. The van der Waals surface area contributed by atoms with E-state index < -0.39 is 11.9 Å². The van der Waals surface area contributed by atoms with Gasteiger partial charge in [0, 0.05) is 11.6 Å². The van der Waals surface area contributed by atoms with Crippen LogP contribution in [0.3, 0.4) is 0 Å². The minimum Gasteiger partial charge on any atom is -0.497 e. The van der Waals surface area contributed by atoms with Crippen LogP contribution in [-0.2, 0) is 4.79 Å². The molecule has 4 nitrogen and oxygen atoms in total. The van der Waals surface area contributed by atoms with Crippen LogP contribution < -0.4 is 4.74 Å². The molecule has 1 heterocycles. The molecule has 2 aromatic rings. The van der Waals surface area contributed by atoms with Crippen LogP contribution >= 0.6 is 0 Å². The van der Waals surface area contributed by atoms with E-state index in [1.54, 1.807) is 13.3 Å². The Balaban J connectivity index is 2.67. The van der Waals surface area contributed by atoms with E-state index in [1.807, 2.05) is 38.1 Å². The number of rotatable bonds is 4. The highest BCUT2D eigenvalue weighted by Gasteiger charge is 2.26. The molecule has 1 atom stereocenters. The first-order chi connectivity index (χ1) is 9.04. The zero-order valence-electron chi connectivity index (χ0n) is 11.3. The number of hydrogen-bond donors (Lipinski definition) is 1. The third kappa shape index (κ3) is 2.52. The summed E-state index contributed by atoms with van der Waals surface area (Å²) in [6, 6.07) is 7.49. The van der Waals surface area contributed by atoms with Crippen LogP contribution in [0.5, 0.6) is 5.75 Å². The number of ether oxygens (including phenoxy) is 1. The smallest absolute Gasteiger partial charge is 0.312 e. The normalized spacial score (nSPS) is 12.6. The van der Waals surface area contributed by atoms with Gasteiger partial charge in [-0.1, -0.05) is 19.9 Å². The first kappa shape index (κ1) is 13.3. The van der Waals surface area contributed by atoms with Crippen LogP contribution in [0.4, 0.5) is 0 Å². The van der Waals surface area contributed by atoms with Crippen molar-refractivity contribution in [3.05, 3.63) is 36.2 Å². The Morgan fingerprint density at radius 3 is 2.63 bits per heavy atom. The Bertz CT molecular complexity index is 607. The van der Waals surface area contributed by atoms with Gasteiger partial charge >= 0.3 is 5.97 Å². The summed E-state index contributed by atoms with van der Waals surface area (Å²) in [7, 11) is 1.59. The summed E-state index contributed by atoms with van der Waals surface area (Å²) in [6.45, 7) is 3.78. The number of carbonyl (C=O) groups is 1. The second-order valence-corrected chi connectivity index (χ2v) is 4.84. The average Bonchev–Trinajstić information content (AvgIpc) is 2.37. The van der Waals surface area contributed by atoms with Crippen LogP contribution in [-0.4, -0.2) is 23.2 Å². The maximum absolute atomic E-state index is 11.5. The van der Waals surface area contributed by atoms with Crippen LogP contribution in [0.25, 0.3) is 10.8 Å². The number of methoxy groups -OCH3 is 1. The highest BCUT2D eigenvalue weighted by Crippen LogP contribution is 2.31. The lowest BCUT2D eigenvalue weighted by Gasteiger charge is -2.17. The van der Waals surface area contributed by atoms with E-state index in [-0.39, 0.29) is 5.92 Å². The van der Waals surface area contributed by atoms with Gasteiger partial charge in [-0.25, -0.2) is 0 Å². The summed E-state index contributed by atoms with van der Waals surface area (Å²) in [5.41, 5.74) is 0.596. The van der Waals surface area contributed by atoms with E-state index >= 15 is 0 Å². The van der Waals surface area contributed by atoms with Crippen molar-refractivity contribution in [2.24, 2.45) is 5.92 Å². The van der Waals surface area contributed by atoms with E-state index in [1.165, 1.54) is 0 Å². The zero-order valence-corrected chi connectivity index (χ0v) is 11.3. The van der Waals surface area contributed by atoms with Crippen LogP contribution in [0.15, 0.2) is 30.5 Å². The molecular weight excluding hydrogens is 242 g/mol. The molecule has 0 spiro atoms. The van der Waals surface area contributed by atoms with E-state index in [2.05, 4.69) is 4.98 Å². The number of carboxylic acid groups (broad SMARTS) is 1. The zero-order chi connectivity index (χ0) is 14.0. The molecule has 4 heteroatoms. The van der Waals surface area contributed by atoms with E-state index in [4.69, 9.17) is 4.74 Å². The summed E-state index contributed by atoms with van der Waals surface area (Å²) in [6.07, 6.45) is 1.66. The molecule has 0 saturated carbocycles. The molecule has 0 radical (unpaired) electrons. The number of aromatic nitrogens is 1. The van der Waals surface area contributed by atoms with Crippen molar-refractivity contribution in [3.8, 4) is 5.75 Å². The molecule has 0 aliphatic heterocycles. The predicted octanol–water partition coefficient (Wildman–Crippen LogP) is 3.07. The molecule has 0 aliphatic carbocycles. The summed E-state index contributed by atoms with van der Waals surface area (Å²) in [5.74, 6) is -0.787. The maximum Gasteiger partial charge on any atom is 0.312 e. The predicted molar refractivity (Wildman–Crippen MR) is 73.5 cm³/mol. The SMILES string of the molecule is COc1ccc2ccnc(C(C(=O)O)C(C)C)c2c1. The van der Waals surface area contributed by atoms with Crippen molar-refractivity contribution in [1.82, 2.24) is 4.98 Å². The van der Waals surface area contributed by atoms with Crippen molar-refractivity contribution >= 4 is 16.7 Å². The Morgan fingerprint density at radius 1 is 1.32 bits per heavy atom. The van der Waals surface area contributed by atoms with Gasteiger partial charge in [-0.2, -0.15) is 0 Å². The highest BCUT2D eigenvalue weighted by atomic mass is 16.5. The molecule has 0 amide bonds. The second kappa shape index (κ2) is 5.26. The summed E-state index contributed by atoms with van der Waals surface area (Å²) in [5, 5.41) is 11.2. The summed E-state index contributed by atoms with van der Waals surface area (Å²) >= 11 is 0. The van der Waals surface area contributed by atoms with E-state index in [9.17, 15) is 9.90 Å². The minimum absolute atomic E-state index is 0.0261. The maximum atomic E-state index is 11.5. The van der Waals surface area contributed by atoms with Crippen molar-refractivity contribution in [2.45, 2.75) is 19.8 Å². The van der Waals surface area contributed by atoms with Gasteiger partial charge in [0.15, 0.2) is 0 Å². The molecule has 1 N–H and O–H groups in total. The van der Waals surface area contributed by atoms with Gasteiger partial charge in [-0.15, -0.1) is 0 Å². The number of pyridine rings is 1. The molecule has 1 aromatic heterocycles. The Kier molecular flexibility index (Phi) is 3.69. The standard InChI is InChI=1S/C15H17NO3/c1-9(2)13(15(17)18)14-12-8-11(19-3)5-4-10(12)6-7-16-14/h4-9,13H,1-3H3,(H,17,18). The molecule has 1 aromatic carbocycles. The molecule has 0 bridgehead atoms. The number of fused-ring (bicyclic) bond motifs is 1. The number of aliphatic carboxylic acids is 1. The van der Waals surface area contributed by atoms with Crippen LogP contribution in [0.2, 0.25) is 0 Å². The van der Waals surface area contributed by atoms with E-state index in [0.29, 0.717) is 11.4 Å². The molecule has 19 heavy (non-hydrogen) atoms. The third-order valence-corrected chi connectivity index (χ3v) is 3.23. The number of nitrogens with zero attached hydrogens (tertiary/aromatic N) is 1. The molecular formula is C15H17NO3. The minimum atomic E-state index is -0.849. The Labute approximate surface area is 112 Å². The first-order valence-electron chi connectivity index (χ1n) is 6.20. The van der Waals surface area contributed by atoms with Gasteiger partial charge < -0.3 is 9.84 Å². The monoisotopic (exact) mass is 259 g/mol. The second-order valence-electron chi connectivity index (χ2n) is 4.84. The fourth-order valence-corrected chi connectivity index (χ4v) is 2.26. The third-order valence-electron chi connectivity index (χ3n) is 3.23. The van der Waals surface area contributed by atoms with Crippen molar-refractivity contribution < 1.29 is 14.6 Å². The van der Waals surface area contributed by atoms with E-state index in [0.717, 1.165) is 10.8 Å². The molecule has 0 aliphatic rings. The lowest BCUT2D eigenvalue weighted by molar-refractivity contribution is -0.139. The van der Waals surface area contributed by atoms with Crippen LogP contribution in [0.1, 0.15) is 25.5 Å². The molecule has 0 fully saturated rings. The average molecular weight is 259 g/mol. The molecule has 0 saturated heterocycles. The highest BCUT2D eigenvalue weighted by molar-refractivity contribution is 5.90. The van der Waals surface area contributed by atoms with Gasteiger partial charge in [-0.05, 0) is 29.5 Å². The lowest BCUT2D eigenvalue weighted by Crippen LogP contribution is -2.19. The fourth-order valence-electron chi connectivity index (χ4n) is 2.26. The molecule has 2 rings (SSSR count).